The molecule has 0 aliphatic carbocycles. The zero-order valence-corrected chi connectivity index (χ0v) is 8.65. The molecule has 0 saturated heterocycles. The van der Waals surface area contributed by atoms with Crippen LogP contribution >= 0.6 is 0 Å². The van der Waals surface area contributed by atoms with Crippen molar-refractivity contribution < 1.29 is 19.2 Å². The van der Waals surface area contributed by atoms with Gasteiger partial charge < -0.3 is 10.1 Å². The quantitative estimate of drug-likeness (QED) is 0.619. The van der Waals surface area contributed by atoms with E-state index >= 15 is 0 Å². The van der Waals surface area contributed by atoms with Gasteiger partial charge in [-0.25, -0.2) is 4.79 Å². The number of hydrogen-bond donors (Lipinski definition) is 2. The standard InChI is InChI=1S/C10H7FN2O4/c1-4-2-5-3-6(10(14)15)7(11)9(13(16)17)8(5)12-4/h2-3,12H,1H3,(H,14,15). The molecule has 2 aromatic rings. The van der Waals surface area contributed by atoms with Crippen molar-refractivity contribution in [1.82, 2.24) is 4.98 Å². The molecule has 1 heterocycles. The topological polar surface area (TPSA) is 96.2 Å². The Morgan fingerprint density at radius 1 is 1.53 bits per heavy atom. The number of H-pyrrole nitrogens is 1. The lowest BCUT2D eigenvalue weighted by Gasteiger charge is -2.00. The molecule has 2 N–H and O–H groups in total. The van der Waals surface area contributed by atoms with Gasteiger partial charge >= 0.3 is 11.7 Å². The SMILES string of the molecule is Cc1cc2cc(C(=O)O)c(F)c([N+](=O)[O-])c2[nH]1. The first-order chi connectivity index (χ1) is 7.91. The number of aryl methyl sites for hydroxylation is 1. The number of halogens is 1. The first-order valence-electron chi connectivity index (χ1n) is 4.61. The van der Waals surface area contributed by atoms with Crippen LogP contribution in [0.1, 0.15) is 16.1 Å². The van der Waals surface area contributed by atoms with Crippen LogP contribution < -0.4 is 0 Å². The number of benzene rings is 1. The summed E-state index contributed by atoms with van der Waals surface area (Å²) in [6.45, 7) is 1.64. The zero-order valence-electron chi connectivity index (χ0n) is 8.65. The van der Waals surface area contributed by atoms with Gasteiger partial charge in [0.15, 0.2) is 0 Å². The number of aromatic nitrogens is 1. The molecule has 0 bridgehead atoms. The second-order valence-electron chi connectivity index (χ2n) is 3.57. The maximum Gasteiger partial charge on any atom is 0.338 e. The predicted molar refractivity (Wildman–Crippen MR) is 56.6 cm³/mol. The average molecular weight is 238 g/mol. The highest BCUT2D eigenvalue weighted by Gasteiger charge is 2.27. The highest BCUT2D eigenvalue weighted by Crippen LogP contribution is 2.31. The summed E-state index contributed by atoms with van der Waals surface area (Å²) in [7, 11) is 0. The number of carboxylic acids is 1. The van der Waals surface area contributed by atoms with Gasteiger partial charge in [-0.2, -0.15) is 4.39 Å². The number of nitrogens with one attached hydrogen (secondary N) is 1. The molecule has 0 fully saturated rings. The van der Waals surface area contributed by atoms with E-state index in [-0.39, 0.29) is 5.52 Å². The largest absolute Gasteiger partial charge is 0.478 e. The normalized spacial score (nSPS) is 10.7. The lowest BCUT2D eigenvalue weighted by atomic mass is 10.1. The van der Waals surface area contributed by atoms with Crippen molar-refractivity contribution in [3.05, 3.63) is 39.3 Å². The van der Waals surface area contributed by atoms with E-state index in [4.69, 9.17) is 5.11 Å². The lowest BCUT2D eigenvalue weighted by Crippen LogP contribution is -2.04. The molecule has 1 aromatic carbocycles. The molecule has 0 saturated carbocycles. The third-order valence-electron chi connectivity index (χ3n) is 2.38. The van der Waals surface area contributed by atoms with E-state index in [2.05, 4.69) is 4.98 Å². The van der Waals surface area contributed by atoms with Crippen molar-refractivity contribution >= 4 is 22.6 Å². The van der Waals surface area contributed by atoms with Gasteiger partial charge in [-0.3, -0.25) is 10.1 Å². The van der Waals surface area contributed by atoms with Crippen LogP contribution in [0.15, 0.2) is 12.1 Å². The van der Waals surface area contributed by atoms with Crippen molar-refractivity contribution in [2.75, 3.05) is 0 Å². The second kappa shape index (κ2) is 3.55. The Bertz CT molecular complexity index is 647. The fourth-order valence-electron chi connectivity index (χ4n) is 1.70. The Morgan fingerprint density at radius 3 is 2.71 bits per heavy atom. The second-order valence-corrected chi connectivity index (χ2v) is 3.57. The van der Waals surface area contributed by atoms with Gasteiger partial charge in [0, 0.05) is 11.1 Å². The van der Waals surface area contributed by atoms with Gasteiger partial charge in [0.25, 0.3) is 0 Å². The van der Waals surface area contributed by atoms with Gasteiger partial charge in [0.05, 0.1) is 4.92 Å². The number of aromatic amines is 1. The summed E-state index contributed by atoms with van der Waals surface area (Å²) in [5, 5.41) is 19.8. The van der Waals surface area contributed by atoms with E-state index in [1.165, 1.54) is 6.07 Å². The first-order valence-corrected chi connectivity index (χ1v) is 4.61. The average Bonchev–Trinajstić information content (AvgIpc) is 2.55. The van der Waals surface area contributed by atoms with Crippen LogP contribution in [-0.4, -0.2) is 21.0 Å². The highest BCUT2D eigenvalue weighted by molar-refractivity contribution is 5.98. The van der Waals surface area contributed by atoms with E-state index in [0.717, 1.165) is 6.07 Å². The number of carboxylic acid groups (broad SMARTS) is 1. The third kappa shape index (κ3) is 1.61. The first kappa shape index (κ1) is 11.1. The molecule has 6 nitrogen and oxygen atoms in total. The number of carbonyl (C=O) groups is 1. The number of nitro groups is 1. The van der Waals surface area contributed by atoms with Gasteiger partial charge in [0.1, 0.15) is 11.1 Å². The Morgan fingerprint density at radius 2 is 2.18 bits per heavy atom. The molecule has 0 radical (unpaired) electrons. The maximum atomic E-state index is 13.7. The molecule has 0 unspecified atom stereocenters. The van der Waals surface area contributed by atoms with E-state index in [9.17, 15) is 19.3 Å². The Kier molecular flexibility index (Phi) is 2.31. The smallest absolute Gasteiger partial charge is 0.338 e. The summed E-state index contributed by atoms with van der Waals surface area (Å²) in [5.41, 5.74) is -0.962. The Hall–Kier alpha value is -2.44. The number of aromatic carboxylic acids is 1. The van der Waals surface area contributed by atoms with Crippen molar-refractivity contribution in [3.63, 3.8) is 0 Å². The molecule has 0 spiro atoms. The third-order valence-corrected chi connectivity index (χ3v) is 2.38. The molecule has 7 heteroatoms. The van der Waals surface area contributed by atoms with E-state index in [1.807, 2.05) is 0 Å². The summed E-state index contributed by atoms with van der Waals surface area (Å²) in [6.07, 6.45) is 0. The summed E-state index contributed by atoms with van der Waals surface area (Å²) < 4.78 is 13.7. The number of rotatable bonds is 2. The fraction of sp³-hybridized carbons (Fsp3) is 0.100. The molecule has 0 atom stereocenters. The van der Waals surface area contributed by atoms with Gasteiger partial charge in [-0.15, -0.1) is 0 Å². The molecule has 17 heavy (non-hydrogen) atoms. The van der Waals surface area contributed by atoms with Crippen molar-refractivity contribution in [1.29, 1.82) is 0 Å². The number of hydrogen-bond acceptors (Lipinski definition) is 3. The van der Waals surface area contributed by atoms with Gasteiger partial charge in [-0.05, 0) is 19.1 Å². The maximum absolute atomic E-state index is 13.7. The Labute approximate surface area is 93.8 Å². The minimum absolute atomic E-state index is 0.00463. The van der Waals surface area contributed by atoms with Crippen LogP contribution in [-0.2, 0) is 0 Å². The summed E-state index contributed by atoms with van der Waals surface area (Å²) in [6, 6.07) is 2.59. The minimum atomic E-state index is -1.54. The molecule has 0 amide bonds. The fourth-order valence-corrected chi connectivity index (χ4v) is 1.70. The van der Waals surface area contributed by atoms with Crippen LogP contribution in [0.2, 0.25) is 0 Å². The van der Waals surface area contributed by atoms with Crippen LogP contribution in [0, 0.1) is 22.9 Å². The van der Waals surface area contributed by atoms with E-state index < -0.39 is 28.0 Å². The molecule has 2 rings (SSSR count). The molecule has 88 valence electrons. The lowest BCUT2D eigenvalue weighted by molar-refractivity contribution is -0.385. The van der Waals surface area contributed by atoms with E-state index in [1.54, 1.807) is 6.92 Å². The highest BCUT2D eigenvalue weighted by atomic mass is 19.1. The summed E-state index contributed by atoms with van der Waals surface area (Å²) >= 11 is 0. The predicted octanol–water partition coefficient (Wildman–Crippen LogP) is 2.22. The number of nitro benzene ring substituents is 1. The van der Waals surface area contributed by atoms with Crippen LogP contribution in [0.25, 0.3) is 10.9 Å². The molecular weight excluding hydrogens is 231 g/mol. The molecule has 1 aromatic heterocycles. The van der Waals surface area contributed by atoms with Crippen LogP contribution in [0.5, 0.6) is 0 Å². The van der Waals surface area contributed by atoms with Gasteiger partial charge in [0.2, 0.25) is 5.82 Å². The minimum Gasteiger partial charge on any atom is -0.478 e. The summed E-state index contributed by atoms with van der Waals surface area (Å²) in [4.78, 5) is 23.3. The summed E-state index contributed by atoms with van der Waals surface area (Å²) in [5.74, 6) is -2.87. The number of nitrogens with zero attached hydrogens (tertiary/aromatic N) is 1. The van der Waals surface area contributed by atoms with Crippen molar-refractivity contribution in [2.24, 2.45) is 0 Å². The van der Waals surface area contributed by atoms with Crippen LogP contribution in [0.3, 0.4) is 0 Å². The zero-order chi connectivity index (χ0) is 12.7. The molecular formula is C10H7FN2O4. The monoisotopic (exact) mass is 238 g/mol. The van der Waals surface area contributed by atoms with Crippen LogP contribution in [0.4, 0.5) is 10.1 Å². The molecule has 0 aliphatic heterocycles. The van der Waals surface area contributed by atoms with Crippen molar-refractivity contribution in [2.45, 2.75) is 6.92 Å². The Balaban J connectivity index is 2.94. The molecule has 0 aliphatic rings. The number of fused-ring (bicyclic) bond motifs is 1. The van der Waals surface area contributed by atoms with E-state index in [0.29, 0.717) is 11.1 Å². The van der Waals surface area contributed by atoms with Crippen molar-refractivity contribution in [3.8, 4) is 0 Å². The van der Waals surface area contributed by atoms with Gasteiger partial charge in [-0.1, -0.05) is 0 Å².